The van der Waals surface area contributed by atoms with Gasteiger partial charge in [-0.15, -0.1) is 0 Å². The summed E-state index contributed by atoms with van der Waals surface area (Å²) in [5, 5.41) is 2.81. The molecular weight excluding hydrogens is 220 g/mol. The van der Waals surface area contributed by atoms with Gasteiger partial charge in [0.25, 0.3) is 5.91 Å². The molecule has 0 bridgehead atoms. The molecule has 3 nitrogen and oxygen atoms in total. The third-order valence-corrected chi connectivity index (χ3v) is 2.79. The number of amides is 1. The molecule has 0 unspecified atom stereocenters. The third kappa shape index (κ3) is 0.982. The van der Waals surface area contributed by atoms with Gasteiger partial charge in [-0.25, -0.2) is 0 Å². The van der Waals surface area contributed by atoms with Crippen LogP contribution in [-0.2, 0) is 13.5 Å². The van der Waals surface area contributed by atoms with Crippen molar-refractivity contribution in [2.24, 2.45) is 7.05 Å². The molecular formula is C8H9BrN2O. The van der Waals surface area contributed by atoms with Crippen LogP contribution in [0.4, 0.5) is 0 Å². The zero-order valence-corrected chi connectivity index (χ0v) is 8.31. The van der Waals surface area contributed by atoms with Gasteiger partial charge in [-0.2, -0.15) is 0 Å². The van der Waals surface area contributed by atoms with Crippen molar-refractivity contribution < 1.29 is 4.79 Å². The molecule has 1 aliphatic heterocycles. The molecule has 0 saturated carbocycles. The molecule has 0 aromatic carbocycles. The second-order valence-electron chi connectivity index (χ2n) is 2.92. The Labute approximate surface area is 78.9 Å². The van der Waals surface area contributed by atoms with Crippen molar-refractivity contribution >= 4 is 21.8 Å². The number of nitrogens with zero attached hydrogens (tertiary/aromatic N) is 1. The zero-order chi connectivity index (χ0) is 8.72. The summed E-state index contributed by atoms with van der Waals surface area (Å²) in [6, 6.07) is 0. The molecule has 0 atom stereocenters. The molecule has 2 rings (SSSR count). The van der Waals surface area contributed by atoms with Gasteiger partial charge in [0.15, 0.2) is 0 Å². The summed E-state index contributed by atoms with van der Waals surface area (Å²) in [6.07, 6.45) is 2.85. The van der Waals surface area contributed by atoms with Gasteiger partial charge in [0.05, 0.1) is 0 Å². The highest BCUT2D eigenvalue weighted by Gasteiger charge is 2.22. The van der Waals surface area contributed by atoms with E-state index in [1.807, 2.05) is 17.8 Å². The van der Waals surface area contributed by atoms with E-state index < -0.39 is 0 Å². The Kier molecular flexibility index (Phi) is 1.72. The lowest BCUT2D eigenvalue weighted by Gasteiger charge is -2.13. The molecule has 1 aliphatic rings. The normalized spacial score (nSPS) is 15.7. The molecule has 64 valence electrons. The van der Waals surface area contributed by atoms with Crippen molar-refractivity contribution in [2.45, 2.75) is 6.42 Å². The number of aryl methyl sites for hydroxylation is 1. The summed E-state index contributed by atoms with van der Waals surface area (Å²) < 4.78 is 2.89. The van der Waals surface area contributed by atoms with Crippen LogP contribution in [0.2, 0.25) is 0 Å². The third-order valence-electron chi connectivity index (χ3n) is 2.11. The fraction of sp³-hybridized carbons (Fsp3) is 0.375. The monoisotopic (exact) mass is 228 g/mol. The molecule has 0 fully saturated rings. The molecule has 4 heteroatoms. The first-order chi connectivity index (χ1) is 5.70. The predicted molar refractivity (Wildman–Crippen MR) is 49.2 cm³/mol. The van der Waals surface area contributed by atoms with Gasteiger partial charge in [0.1, 0.15) is 5.69 Å². The minimum absolute atomic E-state index is 0.0319. The van der Waals surface area contributed by atoms with Gasteiger partial charge in [-0.1, -0.05) is 0 Å². The number of rotatable bonds is 0. The summed E-state index contributed by atoms with van der Waals surface area (Å²) in [7, 11) is 1.88. The SMILES string of the molecule is Cn1cc(Br)c2c1C(=O)NCC2. The second-order valence-corrected chi connectivity index (χ2v) is 3.78. The molecule has 0 radical (unpaired) electrons. The van der Waals surface area contributed by atoms with Gasteiger partial charge in [0.2, 0.25) is 0 Å². The average Bonchev–Trinajstić information content (AvgIpc) is 2.29. The Morgan fingerprint density at radius 1 is 1.67 bits per heavy atom. The van der Waals surface area contributed by atoms with Crippen molar-refractivity contribution in [1.82, 2.24) is 9.88 Å². The van der Waals surface area contributed by atoms with Crippen LogP contribution in [0.25, 0.3) is 0 Å². The first kappa shape index (κ1) is 7.86. The van der Waals surface area contributed by atoms with Gasteiger partial charge in [-0.3, -0.25) is 4.79 Å². The van der Waals surface area contributed by atoms with E-state index in [2.05, 4.69) is 21.2 Å². The van der Waals surface area contributed by atoms with Crippen LogP contribution >= 0.6 is 15.9 Å². The Hall–Kier alpha value is -0.770. The fourth-order valence-corrected chi connectivity index (χ4v) is 2.25. The number of nitrogens with one attached hydrogen (secondary N) is 1. The van der Waals surface area contributed by atoms with Crippen molar-refractivity contribution in [3.05, 3.63) is 21.9 Å². The van der Waals surface area contributed by atoms with Crippen LogP contribution in [-0.4, -0.2) is 17.0 Å². The van der Waals surface area contributed by atoms with E-state index in [9.17, 15) is 4.79 Å². The van der Waals surface area contributed by atoms with Crippen LogP contribution in [0, 0.1) is 0 Å². The Bertz CT molecular complexity index is 343. The summed E-state index contributed by atoms with van der Waals surface area (Å²) in [6.45, 7) is 0.744. The topological polar surface area (TPSA) is 34.0 Å². The van der Waals surface area contributed by atoms with E-state index in [-0.39, 0.29) is 5.91 Å². The lowest BCUT2D eigenvalue weighted by molar-refractivity contribution is 0.0937. The Morgan fingerprint density at radius 3 is 3.08 bits per heavy atom. The second kappa shape index (κ2) is 2.62. The smallest absolute Gasteiger partial charge is 0.268 e. The van der Waals surface area contributed by atoms with E-state index in [4.69, 9.17) is 0 Å². The van der Waals surface area contributed by atoms with Crippen molar-refractivity contribution in [3.8, 4) is 0 Å². The van der Waals surface area contributed by atoms with Crippen LogP contribution in [0.5, 0.6) is 0 Å². The highest BCUT2D eigenvalue weighted by Crippen LogP contribution is 2.24. The lowest BCUT2D eigenvalue weighted by Crippen LogP contribution is -2.32. The number of carbonyl (C=O) groups excluding carboxylic acids is 1. The van der Waals surface area contributed by atoms with Crippen LogP contribution < -0.4 is 5.32 Å². The number of aromatic nitrogens is 1. The van der Waals surface area contributed by atoms with Crippen molar-refractivity contribution in [2.75, 3.05) is 6.54 Å². The van der Waals surface area contributed by atoms with Gasteiger partial charge < -0.3 is 9.88 Å². The van der Waals surface area contributed by atoms with Crippen LogP contribution in [0.1, 0.15) is 16.1 Å². The fourth-order valence-electron chi connectivity index (χ4n) is 1.56. The number of hydrogen-bond acceptors (Lipinski definition) is 1. The Balaban J connectivity index is 2.62. The molecule has 1 amide bonds. The maximum atomic E-state index is 11.4. The van der Waals surface area contributed by atoms with E-state index >= 15 is 0 Å². The van der Waals surface area contributed by atoms with Crippen molar-refractivity contribution in [1.29, 1.82) is 0 Å². The molecule has 0 aliphatic carbocycles. The minimum Gasteiger partial charge on any atom is -0.350 e. The van der Waals surface area contributed by atoms with Gasteiger partial charge >= 0.3 is 0 Å². The zero-order valence-electron chi connectivity index (χ0n) is 6.72. The number of carbonyl (C=O) groups is 1. The lowest BCUT2D eigenvalue weighted by atomic mass is 10.1. The maximum absolute atomic E-state index is 11.4. The van der Waals surface area contributed by atoms with Gasteiger partial charge in [0, 0.05) is 24.3 Å². The molecule has 1 aromatic rings. The van der Waals surface area contributed by atoms with Crippen LogP contribution in [0.3, 0.4) is 0 Å². The first-order valence-electron chi connectivity index (χ1n) is 3.82. The van der Waals surface area contributed by atoms with Gasteiger partial charge in [-0.05, 0) is 27.9 Å². The summed E-state index contributed by atoms with van der Waals surface area (Å²) in [4.78, 5) is 11.4. The molecule has 0 saturated heterocycles. The van der Waals surface area contributed by atoms with E-state index in [0.29, 0.717) is 0 Å². The molecule has 12 heavy (non-hydrogen) atoms. The predicted octanol–water partition coefficient (Wildman–Crippen LogP) is 1.07. The minimum atomic E-state index is 0.0319. The van der Waals surface area contributed by atoms with Crippen molar-refractivity contribution in [3.63, 3.8) is 0 Å². The first-order valence-corrected chi connectivity index (χ1v) is 4.61. The molecule has 0 spiro atoms. The highest BCUT2D eigenvalue weighted by atomic mass is 79.9. The molecule has 1 N–H and O–H groups in total. The van der Waals surface area contributed by atoms with E-state index in [0.717, 1.165) is 28.7 Å². The van der Waals surface area contributed by atoms with E-state index in [1.54, 1.807) is 0 Å². The number of halogens is 1. The quantitative estimate of drug-likeness (QED) is 0.709. The van der Waals surface area contributed by atoms with Crippen LogP contribution in [0.15, 0.2) is 10.7 Å². The molecule has 2 heterocycles. The highest BCUT2D eigenvalue weighted by molar-refractivity contribution is 9.10. The largest absolute Gasteiger partial charge is 0.350 e. The maximum Gasteiger partial charge on any atom is 0.268 e. The Morgan fingerprint density at radius 2 is 2.42 bits per heavy atom. The number of fused-ring (bicyclic) bond motifs is 1. The molecule has 1 aromatic heterocycles. The average molecular weight is 229 g/mol. The number of hydrogen-bond donors (Lipinski definition) is 1. The summed E-state index contributed by atoms with van der Waals surface area (Å²) >= 11 is 3.43. The standard InChI is InChI=1S/C8H9BrN2O/c1-11-4-6(9)5-2-3-10-8(12)7(5)11/h4H,2-3H2,1H3,(H,10,12). The van der Waals surface area contributed by atoms with E-state index in [1.165, 1.54) is 0 Å². The summed E-state index contributed by atoms with van der Waals surface area (Å²) in [5.41, 5.74) is 1.91. The summed E-state index contributed by atoms with van der Waals surface area (Å²) in [5.74, 6) is 0.0319.